The van der Waals surface area contributed by atoms with E-state index in [0.29, 0.717) is 11.9 Å². The summed E-state index contributed by atoms with van der Waals surface area (Å²) in [5.41, 5.74) is 2.54. The molecule has 1 atom stereocenters. The van der Waals surface area contributed by atoms with Crippen molar-refractivity contribution in [3.8, 4) is 0 Å². The van der Waals surface area contributed by atoms with Gasteiger partial charge in [-0.25, -0.2) is 10.8 Å². The molecule has 84 valence electrons. The molecule has 0 bridgehead atoms. The highest BCUT2D eigenvalue weighted by molar-refractivity contribution is 5.44. The zero-order valence-electron chi connectivity index (χ0n) is 9.46. The van der Waals surface area contributed by atoms with Crippen molar-refractivity contribution in [3.05, 3.63) is 18.2 Å². The quantitative estimate of drug-likeness (QED) is 0.496. The topological polar surface area (TPSA) is 63.0 Å². The zero-order valence-corrected chi connectivity index (χ0v) is 9.46. The molecule has 1 rings (SSSR count). The number of hydrogen-bond acceptors (Lipinski definition) is 4. The Morgan fingerprint density at radius 3 is 2.67 bits per heavy atom. The van der Waals surface area contributed by atoms with Crippen molar-refractivity contribution in [2.75, 3.05) is 10.7 Å². The molecule has 0 saturated heterocycles. The summed E-state index contributed by atoms with van der Waals surface area (Å²) in [6.07, 6.45) is 3.45. The summed E-state index contributed by atoms with van der Waals surface area (Å²) in [5.74, 6) is 6.87. The van der Waals surface area contributed by atoms with Crippen LogP contribution in [0.5, 0.6) is 0 Å². The van der Waals surface area contributed by atoms with Crippen LogP contribution in [0.1, 0.15) is 33.1 Å². The van der Waals surface area contributed by atoms with E-state index in [1.165, 1.54) is 12.8 Å². The third-order valence-corrected chi connectivity index (χ3v) is 2.38. The van der Waals surface area contributed by atoms with Gasteiger partial charge in [0.15, 0.2) is 0 Å². The predicted molar refractivity (Wildman–Crippen MR) is 64.7 cm³/mol. The maximum Gasteiger partial charge on any atom is 0.142 e. The number of aromatic nitrogens is 1. The highest BCUT2D eigenvalue weighted by Gasteiger charge is 2.05. The lowest BCUT2D eigenvalue weighted by atomic mass is 10.1. The van der Waals surface area contributed by atoms with E-state index in [1.54, 1.807) is 0 Å². The maximum absolute atomic E-state index is 5.30. The van der Waals surface area contributed by atoms with E-state index in [0.717, 1.165) is 12.2 Å². The Bertz CT molecular complexity index is 288. The number of rotatable bonds is 6. The Morgan fingerprint density at radius 1 is 1.33 bits per heavy atom. The van der Waals surface area contributed by atoms with Crippen LogP contribution in [-0.4, -0.2) is 11.0 Å². The SMILES string of the molecule is CCCC(CC)Nc1cccc(NN)n1. The van der Waals surface area contributed by atoms with E-state index < -0.39 is 0 Å². The summed E-state index contributed by atoms with van der Waals surface area (Å²) in [7, 11) is 0. The lowest BCUT2D eigenvalue weighted by Crippen LogP contribution is -2.19. The average molecular weight is 208 g/mol. The monoisotopic (exact) mass is 208 g/mol. The summed E-state index contributed by atoms with van der Waals surface area (Å²) < 4.78 is 0. The fourth-order valence-electron chi connectivity index (χ4n) is 1.53. The van der Waals surface area contributed by atoms with E-state index in [-0.39, 0.29) is 0 Å². The first-order valence-electron chi connectivity index (χ1n) is 5.50. The second-order valence-electron chi connectivity index (χ2n) is 3.59. The molecule has 0 aliphatic carbocycles. The summed E-state index contributed by atoms with van der Waals surface area (Å²) >= 11 is 0. The van der Waals surface area contributed by atoms with Crippen LogP contribution in [0.4, 0.5) is 11.6 Å². The Labute approximate surface area is 91.3 Å². The number of nitrogen functional groups attached to an aromatic ring is 1. The third kappa shape index (κ3) is 3.75. The van der Waals surface area contributed by atoms with Gasteiger partial charge in [-0.15, -0.1) is 0 Å². The second-order valence-corrected chi connectivity index (χ2v) is 3.59. The first-order valence-corrected chi connectivity index (χ1v) is 5.50. The molecular formula is C11H20N4. The van der Waals surface area contributed by atoms with Gasteiger partial charge in [0.25, 0.3) is 0 Å². The highest BCUT2D eigenvalue weighted by atomic mass is 15.3. The van der Waals surface area contributed by atoms with Crippen LogP contribution in [0.2, 0.25) is 0 Å². The Morgan fingerprint density at radius 2 is 2.07 bits per heavy atom. The molecule has 0 aliphatic rings. The molecule has 0 aliphatic heterocycles. The van der Waals surface area contributed by atoms with Crippen LogP contribution in [0.3, 0.4) is 0 Å². The molecule has 15 heavy (non-hydrogen) atoms. The van der Waals surface area contributed by atoms with Crippen LogP contribution in [-0.2, 0) is 0 Å². The number of nitrogens with one attached hydrogen (secondary N) is 2. The minimum atomic E-state index is 0.496. The molecule has 0 amide bonds. The number of nitrogens with zero attached hydrogens (tertiary/aromatic N) is 1. The lowest BCUT2D eigenvalue weighted by Gasteiger charge is -2.16. The van der Waals surface area contributed by atoms with Gasteiger partial charge in [0.2, 0.25) is 0 Å². The number of hydrogen-bond donors (Lipinski definition) is 3. The van der Waals surface area contributed by atoms with E-state index in [4.69, 9.17) is 5.84 Å². The first-order chi connectivity index (χ1) is 7.30. The Kier molecular flexibility index (Phi) is 4.90. The fourth-order valence-corrected chi connectivity index (χ4v) is 1.53. The van der Waals surface area contributed by atoms with Crippen LogP contribution in [0.15, 0.2) is 18.2 Å². The van der Waals surface area contributed by atoms with Gasteiger partial charge in [-0.1, -0.05) is 26.3 Å². The Balaban J connectivity index is 2.61. The van der Waals surface area contributed by atoms with Crippen molar-refractivity contribution in [1.82, 2.24) is 4.98 Å². The maximum atomic E-state index is 5.30. The third-order valence-electron chi connectivity index (χ3n) is 2.38. The molecule has 4 nitrogen and oxygen atoms in total. The number of hydrazine groups is 1. The average Bonchev–Trinajstić information content (AvgIpc) is 2.29. The second kappa shape index (κ2) is 6.24. The number of pyridine rings is 1. The largest absolute Gasteiger partial charge is 0.367 e. The molecule has 1 aromatic heterocycles. The summed E-state index contributed by atoms with van der Waals surface area (Å²) in [4.78, 5) is 4.31. The molecule has 0 fully saturated rings. The molecule has 0 aromatic carbocycles. The van der Waals surface area contributed by atoms with Crippen molar-refractivity contribution in [2.45, 2.75) is 39.2 Å². The van der Waals surface area contributed by atoms with Gasteiger partial charge < -0.3 is 10.7 Å². The van der Waals surface area contributed by atoms with Gasteiger partial charge in [-0.05, 0) is 25.0 Å². The molecule has 0 saturated carbocycles. The van der Waals surface area contributed by atoms with Crippen LogP contribution in [0, 0.1) is 0 Å². The number of anilines is 2. The summed E-state index contributed by atoms with van der Waals surface area (Å²) in [5, 5.41) is 3.40. The predicted octanol–water partition coefficient (Wildman–Crippen LogP) is 2.36. The van der Waals surface area contributed by atoms with Gasteiger partial charge in [-0.3, -0.25) is 0 Å². The van der Waals surface area contributed by atoms with Gasteiger partial charge in [-0.2, -0.15) is 0 Å². The van der Waals surface area contributed by atoms with Gasteiger partial charge in [0, 0.05) is 6.04 Å². The van der Waals surface area contributed by atoms with Gasteiger partial charge in [0.1, 0.15) is 11.6 Å². The molecule has 4 heteroatoms. The normalized spacial score (nSPS) is 12.2. The molecule has 0 radical (unpaired) electrons. The van der Waals surface area contributed by atoms with Crippen LogP contribution in [0.25, 0.3) is 0 Å². The smallest absolute Gasteiger partial charge is 0.142 e. The van der Waals surface area contributed by atoms with E-state index in [9.17, 15) is 0 Å². The van der Waals surface area contributed by atoms with Crippen molar-refractivity contribution >= 4 is 11.6 Å². The number of nitrogens with two attached hydrogens (primary N) is 1. The van der Waals surface area contributed by atoms with Crippen molar-refractivity contribution < 1.29 is 0 Å². The van der Waals surface area contributed by atoms with E-state index in [1.807, 2.05) is 18.2 Å². The molecule has 0 spiro atoms. The van der Waals surface area contributed by atoms with Crippen LogP contribution < -0.4 is 16.6 Å². The van der Waals surface area contributed by atoms with E-state index >= 15 is 0 Å². The molecule has 1 heterocycles. The minimum absolute atomic E-state index is 0.496. The van der Waals surface area contributed by atoms with Crippen molar-refractivity contribution in [1.29, 1.82) is 0 Å². The molecule has 1 aromatic rings. The first kappa shape index (κ1) is 11.8. The van der Waals surface area contributed by atoms with Crippen molar-refractivity contribution in [3.63, 3.8) is 0 Å². The van der Waals surface area contributed by atoms with Crippen LogP contribution >= 0.6 is 0 Å². The molecular weight excluding hydrogens is 188 g/mol. The fraction of sp³-hybridized carbons (Fsp3) is 0.545. The zero-order chi connectivity index (χ0) is 11.1. The summed E-state index contributed by atoms with van der Waals surface area (Å²) in [6.45, 7) is 4.37. The van der Waals surface area contributed by atoms with Gasteiger partial charge >= 0.3 is 0 Å². The Hall–Kier alpha value is -1.29. The molecule has 1 unspecified atom stereocenters. The van der Waals surface area contributed by atoms with Crippen molar-refractivity contribution in [2.24, 2.45) is 5.84 Å². The minimum Gasteiger partial charge on any atom is -0.367 e. The standard InChI is InChI=1S/C11H20N4/c1-3-6-9(4-2)13-10-7-5-8-11(14-10)15-12/h5,7-9H,3-4,6,12H2,1-2H3,(H2,13,14,15). The van der Waals surface area contributed by atoms with E-state index in [2.05, 4.69) is 29.6 Å². The highest BCUT2D eigenvalue weighted by Crippen LogP contribution is 2.12. The summed E-state index contributed by atoms with van der Waals surface area (Å²) in [6, 6.07) is 6.23. The lowest BCUT2D eigenvalue weighted by molar-refractivity contribution is 0.620. The molecule has 4 N–H and O–H groups in total. The van der Waals surface area contributed by atoms with Gasteiger partial charge in [0.05, 0.1) is 0 Å².